The molecule has 1 aliphatic heterocycles. The molecule has 0 nitrogen and oxygen atoms in total. The van der Waals surface area contributed by atoms with Gasteiger partial charge in [0, 0.05) is 0 Å². The highest BCUT2D eigenvalue weighted by molar-refractivity contribution is 8.19. The van der Waals surface area contributed by atoms with Gasteiger partial charge in [0.1, 0.15) is 0 Å². The Balaban J connectivity index is 2.56. The van der Waals surface area contributed by atoms with Gasteiger partial charge in [-0.3, -0.25) is 0 Å². The molecule has 0 N–H and O–H groups in total. The van der Waals surface area contributed by atoms with Crippen molar-refractivity contribution in [2.45, 2.75) is 24.3 Å². The minimum atomic E-state index is 0.318. The molecule has 0 aromatic carbocycles. The molecule has 1 heterocycles. The molecule has 58 valence electrons. The van der Waals surface area contributed by atoms with Crippen molar-refractivity contribution in [3.8, 4) is 0 Å². The van der Waals surface area contributed by atoms with E-state index in [0.29, 0.717) is 4.08 Å². The van der Waals surface area contributed by atoms with Crippen molar-refractivity contribution in [3.63, 3.8) is 0 Å². The van der Waals surface area contributed by atoms with Crippen LogP contribution in [0.1, 0.15) is 20.3 Å². The average Bonchev–Trinajstić information content (AvgIpc) is 1.89. The fourth-order valence-corrected chi connectivity index (χ4v) is 3.75. The number of hydrogen-bond donors (Lipinski definition) is 0. The van der Waals surface area contributed by atoms with Crippen LogP contribution in [0.25, 0.3) is 0 Å². The van der Waals surface area contributed by atoms with Gasteiger partial charge < -0.3 is 0 Å². The standard InChI is InChI=1S/C8H14S2/c1-7(2)8(3)9-5-4-6-10-8/h1,4-6H2,2-3H3. The van der Waals surface area contributed by atoms with Crippen LogP contribution in [0.15, 0.2) is 12.2 Å². The van der Waals surface area contributed by atoms with E-state index in [1.165, 1.54) is 23.5 Å². The van der Waals surface area contributed by atoms with Gasteiger partial charge in [0.2, 0.25) is 0 Å². The second kappa shape index (κ2) is 3.22. The Hall–Kier alpha value is 0.440. The van der Waals surface area contributed by atoms with E-state index >= 15 is 0 Å². The van der Waals surface area contributed by atoms with Crippen molar-refractivity contribution in [3.05, 3.63) is 12.2 Å². The SMILES string of the molecule is C=C(C)C1(C)SCCCS1. The van der Waals surface area contributed by atoms with E-state index in [1.807, 2.05) is 23.5 Å². The van der Waals surface area contributed by atoms with Crippen molar-refractivity contribution in [2.24, 2.45) is 0 Å². The van der Waals surface area contributed by atoms with Gasteiger partial charge in [-0.2, -0.15) is 0 Å². The Kier molecular flexibility index (Phi) is 2.75. The van der Waals surface area contributed by atoms with Crippen molar-refractivity contribution in [2.75, 3.05) is 11.5 Å². The zero-order valence-corrected chi connectivity index (χ0v) is 8.28. The molecule has 1 rings (SSSR count). The maximum Gasteiger partial charge on any atom is 0.0787 e. The molecule has 1 fully saturated rings. The number of thioether (sulfide) groups is 2. The van der Waals surface area contributed by atoms with E-state index in [-0.39, 0.29) is 0 Å². The molecule has 0 aliphatic carbocycles. The molecular formula is C8H14S2. The highest BCUT2D eigenvalue weighted by Crippen LogP contribution is 2.45. The molecule has 0 unspecified atom stereocenters. The van der Waals surface area contributed by atoms with E-state index in [2.05, 4.69) is 20.4 Å². The third-order valence-corrected chi connectivity index (χ3v) is 5.31. The van der Waals surface area contributed by atoms with Gasteiger partial charge >= 0.3 is 0 Å². The first-order chi connectivity index (χ1) is 4.65. The first-order valence-electron chi connectivity index (χ1n) is 3.59. The zero-order valence-electron chi connectivity index (χ0n) is 6.64. The maximum absolute atomic E-state index is 4.01. The topological polar surface area (TPSA) is 0 Å². The minimum absolute atomic E-state index is 0.318. The van der Waals surface area contributed by atoms with Crippen molar-refractivity contribution >= 4 is 23.5 Å². The molecule has 0 spiro atoms. The van der Waals surface area contributed by atoms with Gasteiger partial charge in [-0.15, -0.1) is 23.5 Å². The van der Waals surface area contributed by atoms with Crippen LogP contribution in [0.3, 0.4) is 0 Å². The fourth-order valence-electron chi connectivity index (χ4n) is 0.881. The van der Waals surface area contributed by atoms with Crippen LogP contribution in [0.2, 0.25) is 0 Å². The van der Waals surface area contributed by atoms with Crippen LogP contribution in [-0.4, -0.2) is 15.6 Å². The fraction of sp³-hybridized carbons (Fsp3) is 0.750. The van der Waals surface area contributed by atoms with Crippen molar-refractivity contribution in [1.29, 1.82) is 0 Å². The van der Waals surface area contributed by atoms with E-state index in [4.69, 9.17) is 0 Å². The highest BCUT2D eigenvalue weighted by atomic mass is 32.2. The third kappa shape index (κ3) is 1.73. The van der Waals surface area contributed by atoms with Crippen molar-refractivity contribution < 1.29 is 0 Å². The summed E-state index contributed by atoms with van der Waals surface area (Å²) in [5, 5.41) is 0. The van der Waals surface area contributed by atoms with E-state index in [1.54, 1.807) is 0 Å². The quantitative estimate of drug-likeness (QED) is 0.560. The summed E-state index contributed by atoms with van der Waals surface area (Å²) in [4.78, 5) is 0. The Morgan fingerprint density at radius 1 is 1.40 bits per heavy atom. The van der Waals surface area contributed by atoms with Gasteiger partial charge in [0.05, 0.1) is 4.08 Å². The molecule has 0 aromatic heterocycles. The second-order valence-electron chi connectivity index (χ2n) is 2.78. The Morgan fingerprint density at radius 2 is 1.90 bits per heavy atom. The number of hydrogen-bond acceptors (Lipinski definition) is 2. The molecule has 0 saturated carbocycles. The predicted octanol–water partition coefficient (Wildman–Crippen LogP) is 3.15. The van der Waals surface area contributed by atoms with E-state index < -0.39 is 0 Å². The number of rotatable bonds is 1. The zero-order chi connectivity index (χ0) is 7.61. The summed E-state index contributed by atoms with van der Waals surface area (Å²) in [6.07, 6.45) is 1.36. The van der Waals surface area contributed by atoms with Crippen LogP contribution < -0.4 is 0 Å². The lowest BCUT2D eigenvalue weighted by Gasteiger charge is -2.32. The molecule has 0 radical (unpaired) electrons. The third-order valence-electron chi connectivity index (χ3n) is 1.82. The minimum Gasteiger partial charge on any atom is -0.140 e. The summed E-state index contributed by atoms with van der Waals surface area (Å²) in [7, 11) is 0. The summed E-state index contributed by atoms with van der Waals surface area (Å²) < 4.78 is 0.318. The Bertz CT molecular complexity index is 134. The largest absolute Gasteiger partial charge is 0.140 e. The molecule has 2 heteroatoms. The molecule has 0 aromatic rings. The molecule has 1 aliphatic rings. The van der Waals surface area contributed by atoms with E-state index in [0.717, 1.165) is 0 Å². The van der Waals surface area contributed by atoms with Crippen LogP contribution in [-0.2, 0) is 0 Å². The lowest BCUT2D eigenvalue weighted by Crippen LogP contribution is -2.21. The monoisotopic (exact) mass is 174 g/mol. The van der Waals surface area contributed by atoms with Crippen LogP contribution in [0.4, 0.5) is 0 Å². The van der Waals surface area contributed by atoms with Gasteiger partial charge in [0.15, 0.2) is 0 Å². The van der Waals surface area contributed by atoms with Gasteiger partial charge in [-0.05, 0) is 31.8 Å². The molecule has 10 heavy (non-hydrogen) atoms. The van der Waals surface area contributed by atoms with Crippen molar-refractivity contribution in [1.82, 2.24) is 0 Å². The van der Waals surface area contributed by atoms with Crippen LogP contribution >= 0.6 is 23.5 Å². The first-order valence-corrected chi connectivity index (χ1v) is 5.56. The van der Waals surface area contributed by atoms with Crippen LogP contribution in [0, 0.1) is 0 Å². The van der Waals surface area contributed by atoms with Gasteiger partial charge in [0.25, 0.3) is 0 Å². The maximum atomic E-state index is 4.01. The highest BCUT2D eigenvalue weighted by Gasteiger charge is 2.28. The summed E-state index contributed by atoms with van der Waals surface area (Å²) >= 11 is 4.07. The molecule has 0 bridgehead atoms. The Labute approximate surface area is 71.8 Å². The van der Waals surface area contributed by atoms with Gasteiger partial charge in [-0.25, -0.2) is 0 Å². The summed E-state index contributed by atoms with van der Waals surface area (Å²) in [5.41, 5.74) is 1.31. The predicted molar refractivity (Wildman–Crippen MR) is 52.8 cm³/mol. The average molecular weight is 174 g/mol. The lowest BCUT2D eigenvalue weighted by atomic mass is 10.2. The van der Waals surface area contributed by atoms with Gasteiger partial charge in [-0.1, -0.05) is 12.2 Å². The Morgan fingerprint density at radius 3 is 2.20 bits per heavy atom. The second-order valence-corrected chi connectivity index (χ2v) is 6.06. The van der Waals surface area contributed by atoms with E-state index in [9.17, 15) is 0 Å². The first kappa shape index (κ1) is 8.54. The smallest absolute Gasteiger partial charge is 0.0787 e. The normalized spacial score (nSPS) is 24.2. The lowest BCUT2D eigenvalue weighted by molar-refractivity contribution is 0.997. The summed E-state index contributed by atoms with van der Waals surface area (Å²) in [6.45, 7) is 8.42. The molecular weight excluding hydrogens is 160 g/mol. The summed E-state index contributed by atoms with van der Waals surface area (Å²) in [5.74, 6) is 2.60. The molecule has 0 amide bonds. The molecule has 1 saturated heterocycles. The summed E-state index contributed by atoms with van der Waals surface area (Å²) in [6, 6.07) is 0. The molecule has 0 atom stereocenters. The van der Waals surface area contributed by atoms with Crippen LogP contribution in [0.5, 0.6) is 0 Å².